The standard InChI is InChI=1S/C10H18O5/c1-4-5-7(8(11)12)10(15,6(2)3)9(13)14/h6-7,15H,4-5H2,1-3H3,(H,11,12)(H,13,14). The highest BCUT2D eigenvalue weighted by Gasteiger charge is 2.50. The van der Waals surface area contributed by atoms with E-state index in [1.54, 1.807) is 6.92 Å². The van der Waals surface area contributed by atoms with Crippen LogP contribution in [0.4, 0.5) is 0 Å². The van der Waals surface area contributed by atoms with E-state index in [1.807, 2.05) is 0 Å². The van der Waals surface area contributed by atoms with E-state index < -0.39 is 29.4 Å². The minimum atomic E-state index is -2.19. The maximum absolute atomic E-state index is 11.0. The Hall–Kier alpha value is -1.10. The Kier molecular flexibility index (Phi) is 4.74. The molecule has 0 fully saturated rings. The first-order valence-electron chi connectivity index (χ1n) is 4.97. The Morgan fingerprint density at radius 2 is 1.73 bits per heavy atom. The van der Waals surface area contributed by atoms with E-state index in [-0.39, 0.29) is 6.42 Å². The Bertz CT molecular complexity index is 248. The molecule has 0 aromatic heterocycles. The van der Waals surface area contributed by atoms with Crippen LogP contribution >= 0.6 is 0 Å². The Morgan fingerprint density at radius 3 is 1.93 bits per heavy atom. The minimum Gasteiger partial charge on any atom is -0.481 e. The molecule has 0 aromatic rings. The number of hydrogen-bond donors (Lipinski definition) is 3. The first-order valence-corrected chi connectivity index (χ1v) is 4.97. The SMILES string of the molecule is CCCC(C(=O)O)C(O)(C(=O)O)C(C)C. The lowest BCUT2D eigenvalue weighted by atomic mass is 9.76. The van der Waals surface area contributed by atoms with Crippen molar-refractivity contribution in [3.8, 4) is 0 Å². The molecule has 5 heteroatoms. The fourth-order valence-electron chi connectivity index (χ4n) is 1.62. The molecule has 0 aliphatic heterocycles. The zero-order valence-corrected chi connectivity index (χ0v) is 9.23. The van der Waals surface area contributed by atoms with Crippen LogP contribution in [0.2, 0.25) is 0 Å². The highest BCUT2D eigenvalue weighted by molar-refractivity contribution is 5.85. The van der Waals surface area contributed by atoms with Crippen molar-refractivity contribution in [1.29, 1.82) is 0 Å². The fourth-order valence-corrected chi connectivity index (χ4v) is 1.62. The predicted molar refractivity (Wildman–Crippen MR) is 53.5 cm³/mol. The monoisotopic (exact) mass is 218 g/mol. The first kappa shape index (κ1) is 13.9. The second kappa shape index (κ2) is 5.11. The molecule has 88 valence electrons. The van der Waals surface area contributed by atoms with E-state index in [4.69, 9.17) is 10.2 Å². The zero-order valence-electron chi connectivity index (χ0n) is 9.23. The highest BCUT2D eigenvalue weighted by Crippen LogP contribution is 2.30. The van der Waals surface area contributed by atoms with Gasteiger partial charge in [0.25, 0.3) is 0 Å². The maximum atomic E-state index is 11.0. The second-order valence-electron chi connectivity index (χ2n) is 3.96. The topological polar surface area (TPSA) is 94.8 Å². The summed E-state index contributed by atoms with van der Waals surface area (Å²) >= 11 is 0. The quantitative estimate of drug-likeness (QED) is 0.617. The molecule has 0 heterocycles. The van der Waals surface area contributed by atoms with Gasteiger partial charge >= 0.3 is 11.9 Å². The van der Waals surface area contributed by atoms with Gasteiger partial charge in [0.1, 0.15) is 0 Å². The van der Waals surface area contributed by atoms with Gasteiger partial charge in [-0.1, -0.05) is 27.2 Å². The normalized spacial score (nSPS) is 17.1. The Balaban J connectivity index is 5.18. The molecular weight excluding hydrogens is 200 g/mol. The molecule has 0 rings (SSSR count). The van der Waals surface area contributed by atoms with Crippen LogP contribution in [-0.4, -0.2) is 32.9 Å². The van der Waals surface area contributed by atoms with Gasteiger partial charge in [-0.05, 0) is 12.3 Å². The van der Waals surface area contributed by atoms with Crippen LogP contribution in [0.25, 0.3) is 0 Å². The number of rotatable bonds is 6. The summed E-state index contributed by atoms with van der Waals surface area (Å²) < 4.78 is 0. The third kappa shape index (κ3) is 2.68. The van der Waals surface area contributed by atoms with Crippen molar-refractivity contribution in [3.63, 3.8) is 0 Å². The van der Waals surface area contributed by atoms with Crippen molar-refractivity contribution in [2.75, 3.05) is 0 Å². The lowest BCUT2D eigenvalue weighted by molar-refractivity contribution is -0.181. The summed E-state index contributed by atoms with van der Waals surface area (Å²) in [4.78, 5) is 21.9. The van der Waals surface area contributed by atoms with Crippen LogP contribution in [0.5, 0.6) is 0 Å². The molecule has 15 heavy (non-hydrogen) atoms. The first-order chi connectivity index (χ1) is 6.78. The molecule has 0 spiro atoms. The van der Waals surface area contributed by atoms with Crippen LogP contribution in [0, 0.1) is 11.8 Å². The number of carboxylic acid groups (broad SMARTS) is 2. The second-order valence-corrected chi connectivity index (χ2v) is 3.96. The third-order valence-corrected chi connectivity index (χ3v) is 2.63. The van der Waals surface area contributed by atoms with Crippen molar-refractivity contribution in [2.45, 2.75) is 39.2 Å². The van der Waals surface area contributed by atoms with Crippen molar-refractivity contribution >= 4 is 11.9 Å². The van der Waals surface area contributed by atoms with Gasteiger partial charge in [-0.2, -0.15) is 0 Å². The van der Waals surface area contributed by atoms with E-state index in [0.29, 0.717) is 6.42 Å². The van der Waals surface area contributed by atoms with Gasteiger partial charge < -0.3 is 15.3 Å². The summed E-state index contributed by atoms with van der Waals surface area (Å²) in [7, 11) is 0. The molecule has 2 atom stereocenters. The molecule has 2 unspecified atom stereocenters. The summed E-state index contributed by atoms with van der Waals surface area (Å²) in [5.41, 5.74) is -2.19. The molecule has 0 amide bonds. The van der Waals surface area contributed by atoms with Crippen molar-refractivity contribution in [2.24, 2.45) is 11.8 Å². The van der Waals surface area contributed by atoms with E-state index in [1.165, 1.54) is 13.8 Å². The van der Waals surface area contributed by atoms with Crippen LogP contribution in [0.3, 0.4) is 0 Å². The molecule has 3 N–H and O–H groups in total. The third-order valence-electron chi connectivity index (χ3n) is 2.63. The van der Waals surface area contributed by atoms with Gasteiger partial charge in [0.2, 0.25) is 0 Å². The summed E-state index contributed by atoms with van der Waals surface area (Å²) in [6.45, 7) is 4.75. The van der Waals surface area contributed by atoms with Gasteiger partial charge in [-0.25, -0.2) is 4.79 Å². The van der Waals surface area contributed by atoms with Gasteiger partial charge in [-0.3, -0.25) is 4.79 Å². The minimum absolute atomic E-state index is 0.149. The Labute approximate surface area is 88.7 Å². The summed E-state index contributed by atoms with van der Waals surface area (Å²) in [5, 5.41) is 27.8. The number of aliphatic carboxylic acids is 2. The Morgan fingerprint density at radius 1 is 1.27 bits per heavy atom. The largest absolute Gasteiger partial charge is 0.481 e. The molecule has 0 aliphatic rings. The zero-order chi connectivity index (χ0) is 12.2. The predicted octanol–water partition coefficient (Wildman–Crippen LogP) is 0.959. The molecule has 0 saturated heterocycles. The van der Waals surface area contributed by atoms with E-state index in [0.717, 1.165) is 0 Å². The van der Waals surface area contributed by atoms with Gasteiger partial charge in [-0.15, -0.1) is 0 Å². The van der Waals surface area contributed by atoms with Gasteiger partial charge in [0.05, 0.1) is 5.92 Å². The maximum Gasteiger partial charge on any atom is 0.336 e. The molecule has 0 bridgehead atoms. The molecular formula is C10H18O5. The number of carbonyl (C=O) groups is 2. The van der Waals surface area contributed by atoms with E-state index in [2.05, 4.69) is 0 Å². The lowest BCUT2D eigenvalue weighted by Gasteiger charge is -2.33. The van der Waals surface area contributed by atoms with Gasteiger partial charge in [0, 0.05) is 0 Å². The lowest BCUT2D eigenvalue weighted by Crippen LogP contribution is -2.53. The summed E-state index contributed by atoms with van der Waals surface area (Å²) in [5.74, 6) is -4.66. The van der Waals surface area contributed by atoms with Gasteiger partial charge in [0.15, 0.2) is 5.60 Å². The molecule has 0 aromatic carbocycles. The molecule has 0 saturated carbocycles. The smallest absolute Gasteiger partial charge is 0.336 e. The van der Waals surface area contributed by atoms with Crippen molar-refractivity contribution in [3.05, 3.63) is 0 Å². The number of hydrogen-bond acceptors (Lipinski definition) is 3. The van der Waals surface area contributed by atoms with Crippen LogP contribution < -0.4 is 0 Å². The number of aliphatic hydroxyl groups is 1. The average Bonchev–Trinajstić information content (AvgIpc) is 2.11. The van der Waals surface area contributed by atoms with Crippen molar-refractivity contribution in [1.82, 2.24) is 0 Å². The van der Waals surface area contributed by atoms with Crippen molar-refractivity contribution < 1.29 is 24.9 Å². The fraction of sp³-hybridized carbons (Fsp3) is 0.800. The molecule has 0 radical (unpaired) electrons. The summed E-state index contributed by atoms with van der Waals surface area (Å²) in [6, 6.07) is 0. The summed E-state index contributed by atoms with van der Waals surface area (Å²) in [6.07, 6.45) is 0.662. The van der Waals surface area contributed by atoms with Crippen LogP contribution in [0.15, 0.2) is 0 Å². The van der Waals surface area contributed by atoms with Crippen LogP contribution in [-0.2, 0) is 9.59 Å². The molecule has 0 aliphatic carbocycles. The van der Waals surface area contributed by atoms with Crippen LogP contribution in [0.1, 0.15) is 33.6 Å². The number of carboxylic acids is 2. The van der Waals surface area contributed by atoms with E-state index >= 15 is 0 Å². The van der Waals surface area contributed by atoms with E-state index in [9.17, 15) is 14.7 Å². The molecule has 5 nitrogen and oxygen atoms in total. The highest BCUT2D eigenvalue weighted by atomic mass is 16.4. The average molecular weight is 218 g/mol.